The van der Waals surface area contributed by atoms with Gasteiger partial charge in [-0.1, -0.05) is 35.0 Å². The maximum absolute atomic E-state index is 5.43. The van der Waals surface area contributed by atoms with Crippen LogP contribution in [-0.2, 0) is 6.42 Å². The topological polar surface area (TPSA) is 20.7 Å². The van der Waals surface area contributed by atoms with Gasteiger partial charge < -0.3 is 4.98 Å². The molecule has 2 aromatic carbocycles. The summed E-state index contributed by atoms with van der Waals surface area (Å²) in [5.41, 5.74) is 4.56. The SMILES string of the molecule is CCc1ccc(-n2c(=S)[nH]c3cc(Br)ccc32)cc1. The van der Waals surface area contributed by atoms with Crippen molar-refractivity contribution in [1.29, 1.82) is 0 Å². The van der Waals surface area contributed by atoms with E-state index < -0.39 is 0 Å². The molecule has 1 aromatic heterocycles. The second-order valence-electron chi connectivity index (χ2n) is 4.45. The molecule has 0 bridgehead atoms. The highest BCUT2D eigenvalue weighted by Gasteiger charge is 2.06. The zero-order valence-corrected chi connectivity index (χ0v) is 12.9. The lowest BCUT2D eigenvalue weighted by Gasteiger charge is -2.05. The summed E-state index contributed by atoms with van der Waals surface area (Å²) in [6, 6.07) is 14.7. The summed E-state index contributed by atoms with van der Waals surface area (Å²) >= 11 is 8.91. The van der Waals surface area contributed by atoms with Crippen LogP contribution in [0.4, 0.5) is 0 Å². The third kappa shape index (κ3) is 2.26. The van der Waals surface area contributed by atoms with E-state index in [0.29, 0.717) is 0 Å². The minimum atomic E-state index is 0.720. The summed E-state index contributed by atoms with van der Waals surface area (Å²) in [5, 5.41) is 0. The van der Waals surface area contributed by atoms with Gasteiger partial charge in [0, 0.05) is 10.2 Å². The number of fused-ring (bicyclic) bond motifs is 1. The number of aromatic nitrogens is 2. The van der Waals surface area contributed by atoms with Gasteiger partial charge in [-0.05, 0) is 54.5 Å². The van der Waals surface area contributed by atoms with Crippen LogP contribution in [0.15, 0.2) is 46.9 Å². The fraction of sp³-hybridized carbons (Fsp3) is 0.133. The van der Waals surface area contributed by atoms with Gasteiger partial charge in [-0.15, -0.1) is 0 Å². The second-order valence-corrected chi connectivity index (χ2v) is 5.75. The number of hydrogen-bond acceptors (Lipinski definition) is 1. The van der Waals surface area contributed by atoms with Crippen molar-refractivity contribution < 1.29 is 0 Å². The van der Waals surface area contributed by atoms with Crippen LogP contribution in [0, 0.1) is 4.77 Å². The molecular weight excluding hydrogens is 320 g/mol. The predicted octanol–water partition coefficient (Wildman–Crippen LogP) is 5.01. The number of nitrogens with one attached hydrogen (secondary N) is 1. The zero-order valence-electron chi connectivity index (χ0n) is 10.5. The molecule has 1 N–H and O–H groups in total. The molecule has 0 fully saturated rings. The molecule has 0 atom stereocenters. The molecule has 0 spiro atoms. The average Bonchev–Trinajstić information content (AvgIpc) is 2.74. The van der Waals surface area contributed by atoms with Crippen molar-refractivity contribution in [1.82, 2.24) is 9.55 Å². The molecule has 1 heterocycles. The van der Waals surface area contributed by atoms with Gasteiger partial charge >= 0.3 is 0 Å². The van der Waals surface area contributed by atoms with Crippen molar-refractivity contribution >= 4 is 39.2 Å². The van der Waals surface area contributed by atoms with Crippen LogP contribution in [0.3, 0.4) is 0 Å². The molecule has 3 rings (SSSR count). The molecule has 0 saturated heterocycles. The fourth-order valence-corrected chi connectivity index (χ4v) is 2.90. The molecule has 0 unspecified atom stereocenters. The first kappa shape index (κ1) is 12.6. The number of halogens is 1. The maximum atomic E-state index is 5.43. The number of H-pyrrole nitrogens is 1. The Bertz CT molecular complexity index is 784. The van der Waals surface area contributed by atoms with Gasteiger partial charge in [0.05, 0.1) is 11.0 Å². The number of rotatable bonds is 2. The fourth-order valence-electron chi connectivity index (χ4n) is 2.22. The molecule has 0 aliphatic carbocycles. The highest BCUT2D eigenvalue weighted by molar-refractivity contribution is 9.10. The Balaban J connectivity index is 2.23. The van der Waals surface area contributed by atoms with Crippen molar-refractivity contribution in [3.8, 4) is 5.69 Å². The molecule has 0 radical (unpaired) electrons. The molecular formula is C15H13BrN2S. The molecule has 0 saturated carbocycles. The van der Waals surface area contributed by atoms with E-state index >= 15 is 0 Å². The molecule has 0 aliphatic heterocycles. The van der Waals surface area contributed by atoms with Crippen molar-refractivity contribution in [2.75, 3.05) is 0 Å². The first-order chi connectivity index (χ1) is 9.19. The van der Waals surface area contributed by atoms with Gasteiger partial charge in [-0.3, -0.25) is 4.57 Å². The molecule has 3 aromatic rings. The quantitative estimate of drug-likeness (QED) is 0.654. The maximum Gasteiger partial charge on any atom is 0.182 e. The van der Waals surface area contributed by atoms with Crippen LogP contribution >= 0.6 is 28.1 Å². The lowest BCUT2D eigenvalue weighted by atomic mass is 10.1. The zero-order chi connectivity index (χ0) is 13.4. The van der Waals surface area contributed by atoms with Gasteiger partial charge in [0.2, 0.25) is 0 Å². The van der Waals surface area contributed by atoms with Crippen LogP contribution in [0.2, 0.25) is 0 Å². The summed E-state index contributed by atoms with van der Waals surface area (Å²) < 4.78 is 3.83. The minimum Gasteiger partial charge on any atom is -0.330 e. The molecule has 19 heavy (non-hydrogen) atoms. The lowest BCUT2D eigenvalue weighted by molar-refractivity contribution is 1.05. The van der Waals surface area contributed by atoms with Gasteiger partial charge in [0.1, 0.15) is 0 Å². The summed E-state index contributed by atoms with van der Waals surface area (Å²) in [5.74, 6) is 0. The third-order valence-electron chi connectivity index (χ3n) is 3.25. The normalized spacial score (nSPS) is 11.1. The Hall–Kier alpha value is -1.39. The van der Waals surface area contributed by atoms with Gasteiger partial charge in [-0.25, -0.2) is 0 Å². The lowest BCUT2D eigenvalue weighted by Crippen LogP contribution is -1.94. The monoisotopic (exact) mass is 332 g/mol. The van der Waals surface area contributed by atoms with Crippen molar-refractivity contribution in [3.05, 3.63) is 57.3 Å². The molecule has 2 nitrogen and oxygen atoms in total. The number of imidazole rings is 1. The van der Waals surface area contributed by atoms with E-state index in [-0.39, 0.29) is 0 Å². The number of benzene rings is 2. The van der Waals surface area contributed by atoms with Gasteiger partial charge in [0.15, 0.2) is 4.77 Å². The number of aromatic amines is 1. The molecule has 96 valence electrons. The van der Waals surface area contributed by atoms with Crippen molar-refractivity contribution in [2.24, 2.45) is 0 Å². The average molecular weight is 333 g/mol. The van der Waals surface area contributed by atoms with Gasteiger partial charge in [0.25, 0.3) is 0 Å². The Morgan fingerprint density at radius 1 is 1.16 bits per heavy atom. The van der Waals surface area contributed by atoms with Gasteiger partial charge in [-0.2, -0.15) is 0 Å². The van der Waals surface area contributed by atoms with Crippen molar-refractivity contribution in [2.45, 2.75) is 13.3 Å². The summed E-state index contributed by atoms with van der Waals surface area (Å²) in [6.45, 7) is 2.16. The van der Waals surface area contributed by atoms with Crippen LogP contribution < -0.4 is 0 Å². The first-order valence-electron chi connectivity index (χ1n) is 6.18. The second kappa shape index (κ2) is 4.94. The number of nitrogens with zero attached hydrogens (tertiary/aromatic N) is 1. The van der Waals surface area contributed by atoms with Crippen LogP contribution in [0.5, 0.6) is 0 Å². The largest absolute Gasteiger partial charge is 0.330 e. The summed E-state index contributed by atoms with van der Waals surface area (Å²) in [7, 11) is 0. The Kier molecular flexibility index (Phi) is 3.29. The Labute approximate surface area is 125 Å². The van der Waals surface area contributed by atoms with E-state index in [9.17, 15) is 0 Å². The highest BCUT2D eigenvalue weighted by Crippen LogP contribution is 2.23. The minimum absolute atomic E-state index is 0.720. The summed E-state index contributed by atoms with van der Waals surface area (Å²) in [4.78, 5) is 3.24. The molecule has 0 aliphatic rings. The van der Waals surface area contributed by atoms with Crippen molar-refractivity contribution in [3.63, 3.8) is 0 Å². The number of hydrogen-bond donors (Lipinski definition) is 1. The smallest absolute Gasteiger partial charge is 0.182 e. The first-order valence-corrected chi connectivity index (χ1v) is 7.39. The third-order valence-corrected chi connectivity index (χ3v) is 4.02. The van der Waals surface area contributed by atoms with E-state index in [1.807, 2.05) is 12.1 Å². The predicted molar refractivity (Wildman–Crippen MR) is 85.5 cm³/mol. The number of aryl methyl sites for hydroxylation is 1. The van der Waals surface area contributed by atoms with Crippen LogP contribution in [0.25, 0.3) is 16.7 Å². The summed E-state index contributed by atoms with van der Waals surface area (Å²) in [6.07, 6.45) is 1.05. The Morgan fingerprint density at radius 2 is 1.89 bits per heavy atom. The van der Waals surface area contributed by atoms with E-state index in [1.165, 1.54) is 5.56 Å². The Morgan fingerprint density at radius 3 is 2.58 bits per heavy atom. The van der Waals surface area contributed by atoms with E-state index in [4.69, 9.17) is 12.2 Å². The highest BCUT2D eigenvalue weighted by atomic mass is 79.9. The van der Waals surface area contributed by atoms with E-state index in [0.717, 1.165) is 32.4 Å². The molecule has 0 amide bonds. The molecule has 4 heteroatoms. The van der Waals surface area contributed by atoms with E-state index in [2.05, 4.69) is 62.7 Å². The van der Waals surface area contributed by atoms with E-state index in [1.54, 1.807) is 0 Å². The standard InChI is InChI=1S/C15H13BrN2S/c1-2-10-3-6-12(7-4-10)18-14-8-5-11(16)9-13(14)17-15(18)19/h3-9H,2H2,1H3,(H,17,19). The van der Waals surface area contributed by atoms with Crippen LogP contribution in [0.1, 0.15) is 12.5 Å². The van der Waals surface area contributed by atoms with Crippen LogP contribution in [-0.4, -0.2) is 9.55 Å².